The first-order valence-corrected chi connectivity index (χ1v) is 5.82. The molecule has 2 unspecified atom stereocenters. The third kappa shape index (κ3) is 3.31. The molecule has 0 N–H and O–H groups in total. The van der Waals surface area contributed by atoms with E-state index in [1.807, 2.05) is 0 Å². The number of rotatable bonds is 3. The van der Waals surface area contributed by atoms with Crippen molar-refractivity contribution in [2.24, 2.45) is 0 Å². The molecule has 0 aliphatic carbocycles. The number of para-hydroxylation sites is 1. The number of hydrogen-bond acceptors (Lipinski definition) is 2. The highest BCUT2D eigenvalue weighted by Crippen LogP contribution is 2.30. The number of hydrogen-bond donors (Lipinski definition) is 0. The zero-order valence-electron chi connectivity index (χ0n) is 7.37. The summed E-state index contributed by atoms with van der Waals surface area (Å²) in [6.45, 7) is 0. The molecule has 0 spiro atoms. The van der Waals surface area contributed by atoms with Crippen molar-refractivity contribution >= 4 is 20.0 Å². The quantitative estimate of drug-likeness (QED) is 0.755. The molecule has 0 radical (unpaired) electrons. The van der Waals surface area contributed by atoms with Crippen molar-refractivity contribution in [1.82, 2.24) is 0 Å². The summed E-state index contributed by atoms with van der Waals surface area (Å²) in [6.07, 6.45) is 1.41. The van der Waals surface area contributed by atoms with Crippen LogP contribution >= 0.6 is 9.24 Å². The van der Waals surface area contributed by atoms with Gasteiger partial charge in [-0.3, -0.25) is 4.21 Å². The zero-order valence-corrected chi connectivity index (χ0v) is 9.34. The second-order valence-electron chi connectivity index (χ2n) is 2.56. The van der Waals surface area contributed by atoms with Crippen LogP contribution in [-0.4, -0.2) is 16.3 Å². The molecular weight excluding hydrogens is 229 g/mol. The lowest BCUT2D eigenvalue weighted by atomic mass is 10.3. The summed E-state index contributed by atoms with van der Waals surface area (Å²) in [5, 5.41) is 0. The molecule has 0 bridgehead atoms. The Morgan fingerprint density at radius 2 is 2.00 bits per heavy atom. The number of benzene rings is 1. The van der Waals surface area contributed by atoms with E-state index in [1.54, 1.807) is 12.1 Å². The Kier molecular flexibility index (Phi) is 3.56. The Morgan fingerprint density at radius 1 is 1.43 bits per heavy atom. The highest BCUT2D eigenvalue weighted by Gasteiger charge is 2.25. The summed E-state index contributed by atoms with van der Waals surface area (Å²) in [7, 11) is -0.0781. The zero-order chi connectivity index (χ0) is 10.8. The number of ether oxygens (including phenoxy) is 1. The van der Waals surface area contributed by atoms with E-state index < -0.39 is 16.6 Å². The van der Waals surface area contributed by atoms with E-state index >= 15 is 0 Å². The third-order valence-corrected chi connectivity index (χ3v) is 2.48. The molecule has 2 atom stereocenters. The normalized spacial score (nSPS) is 13.7. The molecule has 0 saturated carbocycles. The second-order valence-corrected chi connectivity index (χ2v) is 4.58. The van der Waals surface area contributed by atoms with Crippen LogP contribution in [0.5, 0.6) is 5.75 Å². The van der Waals surface area contributed by atoms with Crippen molar-refractivity contribution in [3.8, 4) is 5.75 Å². The van der Waals surface area contributed by atoms with Crippen LogP contribution in [0.1, 0.15) is 0 Å². The lowest BCUT2D eigenvalue weighted by Gasteiger charge is -2.14. The number of alkyl halides is 2. The van der Waals surface area contributed by atoms with Gasteiger partial charge in [-0.1, -0.05) is 12.1 Å². The molecule has 0 aromatic heterocycles. The van der Waals surface area contributed by atoms with Gasteiger partial charge in [-0.25, -0.2) is 0 Å². The first kappa shape index (κ1) is 11.5. The molecular formula is C8H9F2O2PS. The minimum absolute atomic E-state index is 0.0617. The molecule has 6 heteroatoms. The molecule has 0 amide bonds. The van der Waals surface area contributed by atoms with Gasteiger partial charge in [0.2, 0.25) is 0 Å². The van der Waals surface area contributed by atoms with E-state index in [4.69, 9.17) is 0 Å². The van der Waals surface area contributed by atoms with Gasteiger partial charge < -0.3 is 4.74 Å². The summed E-state index contributed by atoms with van der Waals surface area (Å²) < 4.78 is 40.4. The number of halogens is 2. The lowest BCUT2D eigenvalue weighted by molar-refractivity contribution is -0.0909. The fourth-order valence-corrected chi connectivity index (χ4v) is 1.71. The van der Waals surface area contributed by atoms with Crippen LogP contribution in [0.2, 0.25) is 0 Å². The van der Waals surface area contributed by atoms with E-state index in [0.29, 0.717) is 0 Å². The minimum Gasteiger partial charge on any atom is -0.429 e. The average molecular weight is 238 g/mol. The van der Waals surface area contributed by atoms with Crippen LogP contribution in [0.15, 0.2) is 29.2 Å². The maximum absolute atomic E-state index is 12.5. The minimum atomic E-state index is -3.34. The highest BCUT2D eigenvalue weighted by molar-refractivity contribution is 7.84. The van der Waals surface area contributed by atoms with Gasteiger partial charge in [0.25, 0.3) is 0 Å². The molecule has 0 aliphatic heterocycles. The smallest absolute Gasteiger partial charge is 0.408 e. The van der Waals surface area contributed by atoms with Crippen molar-refractivity contribution in [2.45, 2.75) is 10.7 Å². The van der Waals surface area contributed by atoms with Crippen LogP contribution < -0.4 is 4.74 Å². The van der Waals surface area contributed by atoms with Gasteiger partial charge in [0.05, 0.1) is 15.7 Å². The van der Waals surface area contributed by atoms with E-state index in [0.717, 1.165) is 0 Å². The van der Waals surface area contributed by atoms with Gasteiger partial charge in [0.15, 0.2) is 0 Å². The predicted molar refractivity (Wildman–Crippen MR) is 54.1 cm³/mol. The van der Waals surface area contributed by atoms with Crippen molar-refractivity contribution in [3.63, 3.8) is 0 Å². The Bertz CT molecular complexity index is 351. The summed E-state index contributed by atoms with van der Waals surface area (Å²) >= 11 is 0. The van der Waals surface area contributed by atoms with Crippen molar-refractivity contribution < 1.29 is 17.7 Å². The van der Waals surface area contributed by atoms with Gasteiger partial charge in [-0.15, -0.1) is 0 Å². The monoisotopic (exact) mass is 238 g/mol. The highest BCUT2D eigenvalue weighted by atomic mass is 32.2. The van der Waals surface area contributed by atoms with Crippen molar-refractivity contribution in [1.29, 1.82) is 0 Å². The van der Waals surface area contributed by atoms with E-state index in [-0.39, 0.29) is 10.6 Å². The maximum Gasteiger partial charge on any atom is 0.408 e. The molecule has 1 aromatic carbocycles. The van der Waals surface area contributed by atoms with Gasteiger partial charge in [-0.05, 0) is 21.4 Å². The summed E-state index contributed by atoms with van der Waals surface area (Å²) in [5.41, 5.74) is 0. The molecule has 0 fully saturated rings. The fraction of sp³-hybridized carbons (Fsp3) is 0.250. The van der Waals surface area contributed by atoms with E-state index in [1.165, 1.54) is 27.6 Å². The third-order valence-electron chi connectivity index (χ3n) is 1.40. The van der Waals surface area contributed by atoms with Crippen LogP contribution in [0, 0.1) is 0 Å². The fourth-order valence-electron chi connectivity index (χ4n) is 0.919. The Labute approximate surface area is 85.3 Å². The van der Waals surface area contributed by atoms with Crippen molar-refractivity contribution in [2.75, 3.05) is 6.26 Å². The lowest BCUT2D eigenvalue weighted by Crippen LogP contribution is -2.15. The molecule has 0 aliphatic rings. The molecule has 78 valence electrons. The predicted octanol–water partition coefficient (Wildman–Crippen LogP) is 2.23. The van der Waals surface area contributed by atoms with Crippen molar-refractivity contribution in [3.05, 3.63) is 24.3 Å². The van der Waals surface area contributed by atoms with Crippen LogP contribution in [0.4, 0.5) is 8.78 Å². The molecule has 0 saturated heterocycles. The van der Waals surface area contributed by atoms with Gasteiger partial charge in [0.1, 0.15) is 5.75 Å². The van der Waals surface area contributed by atoms with Gasteiger partial charge in [0, 0.05) is 6.26 Å². The molecule has 2 nitrogen and oxygen atoms in total. The van der Waals surface area contributed by atoms with Crippen LogP contribution in [-0.2, 0) is 10.8 Å². The average Bonchev–Trinajstić information content (AvgIpc) is 2.01. The first-order valence-electron chi connectivity index (χ1n) is 3.68. The second kappa shape index (κ2) is 4.32. The van der Waals surface area contributed by atoms with Gasteiger partial charge in [-0.2, -0.15) is 8.78 Å². The summed E-state index contributed by atoms with van der Waals surface area (Å²) in [4.78, 5) is 0.259. The molecule has 0 heterocycles. The Balaban J connectivity index is 3.02. The SMILES string of the molecule is CS(=O)c1ccccc1OC(F)(F)P. The Morgan fingerprint density at radius 3 is 2.50 bits per heavy atom. The first-order chi connectivity index (χ1) is 6.40. The topological polar surface area (TPSA) is 26.3 Å². The van der Waals surface area contributed by atoms with E-state index in [9.17, 15) is 13.0 Å². The van der Waals surface area contributed by atoms with Crippen LogP contribution in [0.25, 0.3) is 0 Å². The summed E-state index contributed by atoms with van der Waals surface area (Å²) in [6, 6.07) is 6.00. The Hall–Kier alpha value is -0.540. The maximum atomic E-state index is 12.5. The van der Waals surface area contributed by atoms with E-state index in [2.05, 4.69) is 4.74 Å². The summed E-state index contributed by atoms with van der Waals surface area (Å²) in [5.74, 6) is -3.40. The molecule has 1 aromatic rings. The van der Waals surface area contributed by atoms with Crippen LogP contribution in [0.3, 0.4) is 0 Å². The largest absolute Gasteiger partial charge is 0.429 e. The standard InChI is InChI=1S/C8H9F2O2PS/c1-14(11)7-5-3-2-4-6(7)12-8(9,10)13/h2-5H,13H2,1H3. The molecule has 14 heavy (non-hydrogen) atoms. The van der Waals surface area contributed by atoms with Gasteiger partial charge >= 0.3 is 5.85 Å². The molecule has 1 rings (SSSR count).